The standard InChI is InChI=1S/C16H12Cl2N4/c17-14-6-5-12(15(18)7-14)8-20-16-4-2-1-3-13(16)9-22-11-19-10-21-22/h1-8,10-11H,9H2. The number of nitrogens with zero attached hydrogens (tertiary/aromatic N) is 4. The van der Waals surface area contributed by atoms with Crippen molar-refractivity contribution >= 4 is 35.1 Å². The Morgan fingerprint density at radius 3 is 2.77 bits per heavy atom. The summed E-state index contributed by atoms with van der Waals surface area (Å²) in [6.45, 7) is 0.613. The zero-order chi connectivity index (χ0) is 15.4. The van der Waals surface area contributed by atoms with E-state index in [0.29, 0.717) is 16.6 Å². The van der Waals surface area contributed by atoms with Gasteiger partial charge in [0.2, 0.25) is 0 Å². The number of aliphatic imine (C=N–C) groups is 1. The fourth-order valence-corrected chi connectivity index (χ4v) is 2.46. The van der Waals surface area contributed by atoms with Crippen LogP contribution in [0.2, 0.25) is 10.0 Å². The Balaban J connectivity index is 1.87. The largest absolute Gasteiger partial charge is 0.256 e. The first-order chi connectivity index (χ1) is 10.7. The van der Waals surface area contributed by atoms with Gasteiger partial charge >= 0.3 is 0 Å². The molecule has 4 nitrogen and oxygen atoms in total. The third-order valence-corrected chi connectivity index (χ3v) is 3.66. The Kier molecular flexibility index (Phi) is 4.51. The van der Waals surface area contributed by atoms with Crippen molar-refractivity contribution in [1.29, 1.82) is 0 Å². The van der Waals surface area contributed by atoms with Crippen LogP contribution in [0.5, 0.6) is 0 Å². The maximum atomic E-state index is 6.15. The lowest BCUT2D eigenvalue weighted by Gasteiger charge is -2.05. The molecule has 0 atom stereocenters. The molecule has 22 heavy (non-hydrogen) atoms. The second kappa shape index (κ2) is 6.73. The van der Waals surface area contributed by atoms with Crippen LogP contribution < -0.4 is 0 Å². The Hall–Kier alpha value is -2.17. The summed E-state index contributed by atoms with van der Waals surface area (Å²) in [6, 6.07) is 13.2. The predicted molar refractivity (Wildman–Crippen MR) is 89.3 cm³/mol. The van der Waals surface area contributed by atoms with Gasteiger partial charge in [-0.2, -0.15) is 5.10 Å². The summed E-state index contributed by atoms with van der Waals surface area (Å²) in [5.74, 6) is 0. The van der Waals surface area contributed by atoms with E-state index in [-0.39, 0.29) is 0 Å². The predicted octanol–water partition coefficient (Wildman–Crippen LogP) is 4.38. The molecule has 0 N–H and O–H groups in total. The van der Waals surface area contributed by atoms with Gasteiger partial charge < -0.3 is 0 Å². The number of rotatable bonds is 4. The van der Waals surface area contributed by atoms with E-state index in [1.807, 2.05) is 30.3 Å². The van der Waals surface area contributed by atoms with Gasteiger partial charge in [-0.1, -0.05) is 47.5 Å². The van der Waals surface area contributed by atoms with Gasteiger partial charge in [-0.3, -0.25) is 4.99 Å². The highest BCUT2D eigenvalue weighted by atomic mass is 35.5. The van der Waals surface area contributed by atoms with Crippen LogP contribution in [0.4, 0.5) is 5.69 Å². The molecule has 3 rings (SSSR count). The van der Waals surface area contributed by atoms with Crippen LogP contribution >= 0.6 is 23.2 Å². The SMILES string of the molecule is Clc1ccc(C=Nc2ccccc2Cn2cncn2)c(Cl)c1. The number of hydrogen-bond donors (Lipinski definition) is 0. The minimum atomic E-state index is 0.574. The molecule has 0 aliphatic carbocycles. The second-order valence-corrected chi connectivity index (χ2v) is 5.49. The van der Waals surface area contributed by atoms with Crippen molar-refractivity contribution < 1.29 is 0 Å². The first kappa shape index (κ1) is 14.8. The summed E-state index contributed by atoms with van der Waals surface area (Å²) >= 11 is 12.0. The number of benzene rings is 2. The first-order valence-corrected chi connectivity index (χ1v) is 7.37. The zero-order valence-electron chi connectivity index (χ0n) is 11.5. The minimum absolute atomic E-state index is 0.574. The summed E-state index contributed by atoms with van der Waals surface area (Å²) in [5.41, 5.74) is 2.74. The monoisotopic (exact) mass is 330 g/mol. The fraction of sp³-hybridized carbons (Fsp3) is 0.0625. The van der Waals surface area contributed by atoms with E-state index in [1.54, 1.807) is 29.4 Å². The fourth-order valence-electron chi connectivity index (χ4n) is 2.00. The van der Waals surface area contributed by atoms with E-state index in [2.05, 4.69) is 15.1 Å². The summed E-state index contributed by atoms with van der Waals surface area (Å²) in [7, 11) is 0. The smallest absolute Gasteiger partial charge is 0.137 e. The molecule has 0 saturated heterocycles. The van der Waals surface area contributed by atoms with Gasteiger partial charge in [-0.25, -0.2) is 9.67 Å². The van der Waals surface area contributed by atoms with Crippen molar-refractivity contribution in [2.24, 2.45) is 4.99 Å². The molecule has 110 valence electrons. The third-order valence-electron chi connectivity index (χ3n) is 3.10. The molecule has 0 aliphatic heterocycles. The molecule has 1 aromatic heterocycles. The molecule has 0 aliphatic rings. The van der Waals surface area contributed by atoms with E-state index in [4.69, 9.17) is 23.2 Å². The van der Waals surface area contributed by atoms with Crippen LogP contribution in [-0.4, -0.2) is 21.0 Å². The van der Waals surface area contributed by atoms with Crippen molar-refractivity contribution in [2.45, 2.75) is 6.54 Å². The summed E-state index contributed by atoms with van der Waals surface area (Å²) < 4.78 is 1.75. The molecule has 3 aromatic rings. The molecule has 0 bridgehead atoms. The Morgan fingerprint density at radius 1 is 1.14 bits per heavy atom. The van der Waals surface area contributed by atoms with Gasteiger partial charge in [0.15, 0.2) is 0 Å². The van der Waals surface area contributed by atoms with E-state index in [1.165, 1.54) is 6.33 Å². The normalized spacial score (nSPS) is 11.2. The maximum absolute atomic E-state index is 6.15. The molecule has 1 heterocycles. The average molecular weight is 331 g/mol. The van der Waals surface area contributed by atoms with Gasteiger partial charge in [0.25, 0.3) is 0 Å². The van der Waals surface area contributed by atoms with Crippen LogP contribution in [0, 0.1) is 0 Å². The summed E-state index contributed by atoms with van der Waals surface area (Å²) in [6.07, 6.45) is 4.93. The average Bonchev–Trinajstić information content (AvgIpc) is 3.01. The molecule has 0 saturated carbocycles. The maximum Gasteiger partial charge on any atom is 0.137 e. The van der Waals surface area contributed by atoms with Crippen LogP contribution in [0.1, 0.15) is 11.1 Å². The molecule has 2 aromatic carbocycles. The zero-order valence-corrected chi connectivity index (χ0v) is 13.0. The molecule has 0 radical (unpaired) electrons. The lowest BCUT2D eigenvalue weighted by molar-refractivity contribution is 0.685. The van der Waals surface area contributed by atoms with Crippen LogP contribution in [0.3, 0.4) is 0 Å². The number of aromatic nitrogens is 3. The van der Waals surface area contributed by atoms with Crippen molar-refractivity contribution in [3.63, 3.8) is 0 Å². The molecular weight excluding hydrogens is 319 g/mol. The second-order valence-electron chi connectivity index (χ2n) is 4.65. The molecule has 6 heteroatoms. The Bertz CT molecular complexity index is 798. The molecule has 0 fully saturated rings. The Labute approximate surface area is 138 Å². The van der Waals surface area contributed by atoms with Crippen LogP contribution in [0.15, 0.2) is 60.1 Å². The summed E-state index contributed by atoms with van der Waals surface area (Å²) in [4.78, 5) is 8.48. The summed E-state index contributed by atoms with van der Waals surface area (Å²) in [5, 5.41) is 5.29. The van der Waals surface area contributed by atoms with Gasteiger partial charge in [0.1, 0.15) is 12.7 Å². The van der Waals surface area contributed by atoms with Gasteiger partial charge in [0, 0.05) is 16.8 Å². The Morgan fingerprint density at radius 2 is 2.00 bits per heavy atom. The van der Waals surface area contributed by atoms with Crippen LogP contribution in [0.25, 0.3) is 0 Å². The lowest BCUT2D eigenvalue weighted by Crippen LogP contribution is -2.00. The molecule has 0 spiro atoms. The topological polar surface area (TPSA) is 43.1 Å². The van der Waals surface area contributed by atoms with E-state index in [0.717, 1.165) is 16.8 Å². The number of hydrogen-bond acceptors (Lipinski definition) is 3. The highest BCUT2D eigenvalue weighted by Gasteiger charge is 2.03. The van der Waals surface area contributed by atoms with E-state index in [9.17, 15) is 0 Å². The van der Waals surface area contributed by atoms with Crippen molar-refractivity contribution in [1.82, 2.24) is 14.8 Å². The number of para-hydroxylation sites is 1. The molecular formula is C16H12Cl2N4. The number of halogens is 2. The van der Waals surface area contributed by atoms with E-state index < -0.39 is 0 Å². The van der Waals surface area contributed by atoms with Crippen molar-refractivity contribution in [3.05, 3.63) is 76.3 Å². The molecule has 0 unspecified atom stereocenters. The van der Waals surface area contributed by atoms with E-state index >= 15 is 0 Å². The van der Waals surface area contributed by atoms with Crippen molar-refractivity contribution in [2.75, 3.05) is 0 Å². The third kappa shape index (κ3) is 3.53. The lowest BCUT2D eigenvalue weighted by atomic mass is 10.2. The highest BCUT2D eigenvalue weighted by Crippen LogP contribution is 2.22. The quantitative estimate of drug-likeness (QED) is 0.666. The van der Waals surface area contributed by atoms with Gasteiger partial charge in [-0.15, -0.1) is 0 Å². The molecule has 0 amide bonds. The van der Waals surface area contributed by atoms with Gasteiger partial charge in [0.05, 0.1) is 17.3 Å². The van der Waals surface area contributed by atoms with Crippen LogP contribution in [-0.2, 0) is 6.54 Å². The van der Waals surface area contributed by atoms with Crippen molar-refractivity contribution in [3.8, 4) is 0 Å². The highest BCUT2D eigenvalue weighted by molar-refractivity contribution is 6.36. The van der Waals surface area contributed by atoms with Gasteiger partial charge in [-0.05, 0) is 23.8 Å². The first-order valence-electron chi connectivity index (χ1n) is 6.62. The minimum Gasteiger partial charge on any atom is -0.256 e.